The van der Waals surface area contributed by atoms with Crippen molar-refractivity contribution in [1.82, 2.24) is 4.90 Å². The Morgan fingerprint density at radius 1 is 1.31 bits per heavy atom. The van der Waals surface area contributed by atoms with Gasteiger partial charge < -0.3 is 5.11 Å². The normalized spacial score (nSPS) is 14.8. The van der Waals surface area contributed by atoms with Crippen molar-refractivity contribution < 1.29 is 9.90 Å². The molecule has 0 heterocycles. The molecule has 2 atom stereocenters. The van der Waals surface area contributed by atoms with Crippen LogP contribution in [-0.4, -0.2) is 36.1 Å². The number of hydrogen-bond acceptors (Lipinski definition) is 2. The number of hydrogen-bond donors (Lipinski definition) is 1. The van der Waals surface area contributed by atoms with Crippen LogP contribution in [0.15, 0.2) is 30.3 Å². The first-order valence-corrected chi connectivity index (χ1v) is 5.45. The fourth-order valence-electron chi connectivity index (χ4n) is 2.07. The summed E-state index contributed by atoms with van der Waals surface area (Å²) in [5.41, 5.74) is 1.18. The van der Waals surface area contributed by atoms with Crippen LogP contribution >= 0.6 is 0 Å². The number of aliphatic carboxylic acids is 1. The number of rotatable bonds is 5. The van der Waals surface area contributed by atoms with Gasteiger partial charge >= 0.3 is 5.97 Å². The second-order valence-electron chi connectivity index (χ2n) is 4.41. The molecule has 0 radical (unpaired) electrons. The quantitative estimate of drug-likeness (QED) is 0.825. The molecule has 3 heteroatoms. The van der Waals surface area contributed by atoms with E-state index in [0.717, 1.165) is 6.42 Å². The number of carboxylic acids is 1. The van der Waals surface area contributed by atoms with Crippen LogP contribution in [-0.2, 0) is 11.2 Å². The fourth-order valence-corrected chi connectivity index (χ4v) is 2.07. The third-order valence-electron chi connectivity index (χ3n) is 2.75. The lowest BCUT2D eigenvalue weighted by atomic mass is 9.93. The second kappa shape index (κ2) is 5.66. The molecule has 1 N–H and O–H groups in total. The number of nitrogens with zero attached hydrogens (tertiary/aromatic N) is 1. The van der Waals surface area contributed by atoms with Gasteiger partial charge in [0.05, 0.1) is 0 Å². The van der Waals surface area contributed by atoms with E-state index in [9.17, 15) is 4.79 Å². The Morgan fingerprint density at radius 2 is 1.88 bits per heavy atom. The Bertz CT molecular complexity index is 335. The van der Waals surface area contributed by atoms with Crippen LogP contribution in [0.3, 0.4) is 0 Å². The van der Waals surface area contributed by atoms with E-state index in [-0.39, 0.29) is 5.92 Å². The summed E-state index contributed by atoms with van der Waals surface area (Å²) in [7, 11) is 3.61. The topological polar surface area (TPSA) is 40.5 Å². The summed E-state index contributed by atoms with van der Waals surface area (Å²) < 4.78 is 0. The number of benzene rings is 1. The molecular weight excluding hydrogens is 202 g/mol. The fraction of sp³-hybridized carbons (Fsp3) is 0.462. The van der Waals surface area contributed by atoms with Gasteiger partial charge in [0.1, 0.15) is 6.04 Å². The molecule has 0 aromatic heterocycles. The van der Waals surface area contributed by atoms with E-state index in [0.29, 0.717) is 0 Å². The third kappa shape index (κ3) is 3.35. The molecule has 0 aliphatic rings. The lowest BCUT2D eigenvalue weighted by Crippen LogP contribution is -2.41. The van der Waals surface area contributed by atoms with Crippen molar-refractivity contribution in [1.29, 1.82) is 0 Å². The van der Waals surface area contributed by atoms with Gasteiger partial charge in [-0.2, -0.15) is 0 Å². The molecular formula is C13H19NO2. The van der Waals surface area contributed by atoms with E-state index >= 15 is 0 Å². The van der Waals surface area contributed by atoms with Gasteiger partial charge in [-0.3, -0.25) is 9.69 Å². The smallest absolute Gasteiger partial charge is 0.321 e. The monoisotopic (exact) mass is 221 g/mol. The molecule has 1 rings (SSSR count). The van der Waals surface area contributed by atoms with Crippen LogP contribution in [0.5, 0.6) is 0 Å². The second-order valence-corrected chi connectivity index (χ2v) is 4.41. The van der Waals surface area contributed by atoms with Crippen molar-refractivity contribution in [3.8, 4) is 0 Å². The minimum atomic E-state index is -0.756. The molecule has 0 bridgehead atoms. The van der Waals surface area contributed by atoms with Crippen LogP contribution in [0, 0.1) is 5.92 Å². The zero-order valence-corrected chi connectivity index (χ0v) is 10.1. The first-order chi connectivity index (χ1) is 7.52. The van der Waals surface area contributed by atoms with Crippen LogP contribution in [0.4, 0.5) is 0 Å². The van der Waals surface area contributed by atoms with Crippen molar-refractivity contribution in [2.45, 2.75) is 19.4 Å². The lowest BCUT2D eigenvalue weighted by Gasteiger charge is -2.26. The number of likely N-dealkylation sites (N-methyl/N-ethyl adjacent to an activating group) is 1. The molecule has 3 nitrogen and oxygen atoms in total. The van der Waals surface area contributed by atoms with E-state index in [1.54, 1.807) is 19.0 Å². The van der Waals surface area contributed by atoms with E-state index in [1.807, 2.05) is 37.3 Å². The summed E-state index contributed by atoms with van der Waals surface area (Å²) in [5, 5.41) is 9.15. The lowest BCUT2D eigenvalue weighted by molar-refractivity contribution is -0.144. The van der Waals surface area contributed by atoms with E-state index in [2.05, 4.69) is 0 Å². The summed E-state index contributed by atoms with van der Waals surface area (Å²) in [6.07, 6.45) is 0.788. The Labute approximate surface area is 96.7 Å². The minimum absolute atomic E-state index is 0.0925. The highest BCUT2D eigenvalue weighted by Crippen LogP contribution is 2.15. The molecule has 88 valence electrons. The predicted octanol–water partition coefficient (Wildman–Crippen LogP) is 1.88. The standard InChI is InChI=1S/C13H19NO2/c1-10(12(13(15)16)14(2)3)9-11-7-5-4-6-8-11/h4-8,10,12H,9H2,1-3H3,(H,15,16). The zero-order chi connectivity index (χ0) is 12.1. The Morgan fingerprint density at radius 3 is 2.31 bits per heavy atom. The molecule has 0 fully saturated rings. The maximum absolute atomic E-state index is 11.1. The average Bonchev–Trinajstić information content (AvgIpc) is 2.17. The molecule has 0 aliphatic carbocycles. The predicted molar refractivity (Wildman–Crippen MR) is 64.4 cm³/mol. The highest BCUT2D eigenvalue weighted by atomic mass is 16.4. The molecule has 0 saturated heterocycles. The van der Waals surface area contributed by atoms with Crippen molar-refractivity contribution >= 4 is 5.97 Å². The van der Waals surface area contributed by atoms with E-state index in [1.165, 1.54) is 5.56 Å². The maximum Gasteiger partial charge on any atom is 0.321 e. The highest BCUT2D eigenvalue weighted by Gasteiger charge is 2.26. The average molecular weight is 221 g/mol. The van der Waals surface area contributed by atoms with Crippen LogP contribution in [0.25, 0.3) is 0 Å². The number of carbonyl (C=O) groups is 1. The Balaban J connectivity index is 2.70. The van der Waals surface area contributed by atoms with Gasteiger partial charge in [0.25, 0.3) is 0 Å². The molecule has 0 saturated carbocycles. The van der Waals surface area contributed by atoms with Crippen LogP contribution < -0.4 is 0 Å². The zero-order valence-electron chi connectivity index (χ0n) is 10.1. The SMILES string of the molecule is CC(Cc1ccccc1)C(C(=O)O)N(C)C. The van der Waals surface area contributed by atoms with Crippen LogP contribution in [0.1, 0.15) is 12.5 Å². The summed E-state index contributed by atoms with van der Waals surface area (Å²) in [6, 6.07) is 9.56. The summed E-state index contributed by atoms with van der Waals surface area (Å²) in [5.74, 6) is -0.664. The van der Waals surface area contributed by atoms with Gasteiger partial charge in [0.15, 0.2) is 0 Å². The molecule has 0 spiro atoms. The third-order valence-corrected chi connectivity index (χ3v) is 2.75. The highest BCUT2D eigenvalue weighted by molar-refractivity contribution is 5.73. The maximum atomic E-state index is 11.1. The van der Waals surface area contributed by atoms with Gasteiger partial charge in [-0.05, 0) is 32.0 Å². The Hall–Kier alpha value is -1.35. The molecule has 2 unspecified atom stereocenters. The Kier molecular flexibility index (Phi) is 4.50. The summed E-state index contributed by atoms with van der Waals surface area (Å²) in [6.45, 7) is 1.98. The molecule has 1 aromatic rings. The molecule has 16 heavy (non-hydrogen) atoms. The van der Waals surface area contributed by atoms with Crippen molar-refractivity contribution in [2.24, 2.45) is 5.92 Å². The van der Waals surface area contributed by atoms with E-state index < -0.39 is 12.0 Å². The van der Waals surface area contributed by atoms with Crippen LogP contribution in [0.2, 0.25) is 0 Å². The molecule has 0 aliphatic heterocycles. The van der Waals surface area contributed by atoms with Crippen molar-refractivity contribution in [3.05, 3.63) is 35.9 Å². The van der Waals surface area contributed by atoms with Crippen molar-refractivity contribution in [2.75, 3.05) is 14.1 Å². The van der Waals surface area contributed by atoms with Gasteiger partial charge in [-0.1, -0.05) is 37.3 Å². The molecule has 0 amide bonds. The van der Waals surface area contributed by atoms with Gasteiger partial charge in [0, 0.05) is 0 Å². The largest absolute Gasteiger partial charge is 0.480 e. The summed E-state index contributed by atoms with van der Waals surface area (Å²) >= 11 is 0. The minimum Gasteiger partial charge on any atom is -0.480 e. The van der Waals surface area contributed by atoms with Gasteiger partial charge in [-0.25, -0.2) is 0 Å². The number of carboxylic acid groups (broad SMARTS) is 1. The van der Waals surface area contributed by atoms with Crippen molar-refractivity contribution in [3.63, 3.8) is 0 Å². The van der Waals surface area contributed by atoms with E-state index in [4.69, 9.17) is 5.11 Å². The first kappa shape index (κ1) is 12.7. The van der Waals surface area contributed by atoms with Gasteiger partial charge in [-0.15, -0.1) is 0 Å². The molecule has 1 aromatic carbocycles. The summed E-state index contributed by atoms with van der Waals surface area (Å²) in [4.78, 5) is 12.9. The first-order valence-electron chi connectivity index (χ1n) is 5.45. The van der Waals surface area contributed by atoms with Gasteiger partial charge in [0.2, 0.25) is 0 Å².